The number of amides is 3. The molecule has 244 valence electrons. The van der Waals surface area contributed by atoms with Gasteiger partial charge >= 0.3 is 0 Å². The Kier molecular flexibility index (Phi) is 11.9. The van der Waals surface area contributed by atoms with Crippen molar-refractivity contribution in [3.63, 3.8) is 0 Å². The summed E-state index contributed by atoms with van der Waals surface area (Å²) in [6.45, 7) is 1.93. The number of carbonyl (C=O) groups is 3. The third-order valence-corrected chi connectivity index (χ3v) is 9.77. The molecule has 48 heavy (non-hydrogen) atoms. The number of thiazole rings is 1. The highest BCUT2D eigenvalue weighted by Gasteiger charge is 2.21. The highest BCUT2D eigenvalue weighted by molar-refractivity contribution is 8.00. The predicted molar refractivity (Wildman–Crippen MR) is 196 cm³/mol. The van der Waals surface area contributed by atoms with Gasteiger partial charge in [-0.2, -0.15) is 0 Å². The second-order valence-electron chi connectivity index (χ2n) is 10.3. The largest absolute Gasteiger partial charge is 0.497 e. The zero-order chi connectivity index (χ0) is 34.0. The Morgan fingerprint density at radius 2 is 1.71 bits per heavy atom. The Hall–Kier alpha value is -4.61. The van der Waals surface area contributed by atoms with Gasteiger partial charge in [0.2, 0.25) is 5.91 Å². The van der Waals surface area contributed by atoms with Gasteiger partial charge in [-0.3, -0.25) is 14.4 Å². The van der Waals surface area contributed by atoms with Gasteiger partial charge in [-0.25, -0.2) is 4.98 Å². The maximum Gasteiger partial charge on any atom is 0.272 e. The molecule has 3 amide bonds. The summed E-state index contributed by atoms with van der Waals surface area (Å²) < 4.78 is 5.31. The van der Waals surface area contributed by atoms with Crippen molar-refractivity contribution in [2.24, 2.45) is 0 Å². The molecule has 8 nitrogen and oxygen atoms in total. The number of halogens is 2. The molecular weight excluding hydrogens is 687 g/mol. The Bertz CT molecular complexity index is 1970. The number of hydrogen-bond donors (Lipinski definition) is 3. The molecule has 0 spiro atoms. The number of thioether (sulfide) groups is 1. The highest BCUT2D eigenvalue weighted by atomic mass is 35.5. The van der Waals surface area contributed by atoms with Crippen molar-refractivity contribution in [2.75, 3.05) is 17.7 Å². The number of anilines is 2. The summed E-state index contributed by atoms with van der Waals surface area (Å²) in [6.07, 6.45) is 2.14. The number of methoxy groups -OCH3 is 1. The van der Waals surface area contributed by atoms with Crippen LogP contribution in [0.4, 0.5) is 10.8 Å². The molecule has 5 aromatic rings. The number of rotatable bonds is 12. The zero-order valence-electron chi connectivity index (χ0n) is 25.8. The van der Waals surface area contributed by atoms with E-state index >= 15 is 0 Å². The van der Waals surface area contributed by atoms with Crippen molar-refractivity contribution >= 4 is 80.9 Å². The van der Waals surface area contributed by atoms with Gasteiger partial charge in [-0.15, -0.1) is 23.1 Å². The molecule has 0 aliphatic carbocycles. The minimum atomic E-state index is -0.518. The van der Waals surface area contributed by atoms with Crippen LogP contribution in [0.2, 0.25) is 10.0 Å². The first-order valence-corrected chi connectivity index (χ1v) is 17.3. The third kappa shape index (κ3) is 9.26. The molecule has 0 saturated carbocycles. The van der Waals surface area contributed by atoms with Gasteiger partial charge in [0.1, 0.15) is 11.4 Å². The lowest BCUT2D eigenvalue weighted by Gasteiger charge is -2.15. The van der Waals surface area contributed by atoms with E-state index in [0.717, 1.165) is 10.5 Å². The first kappa shape index (κ1) is 34.7. The van der Waals surface area contributed by atoms with Gasteiger partial charge in [0.15, 0.2) is 5.13 Å². The first-order valence-electron chi connectivity index (χ1n) is 14.7. The molecule has 0 aliphatic heterocycles. The van der Waals surface area contributed by atoms with Crippen LogP contribution in [-0.4, -0.2) is 35.1 Å². The Morgan fingerprint density at radius 3 is 2.46 bits per heavy atom. The number of aromatic nitrogens is 1. The fourth-order valence-corrected chi connectivity index (χ4v) is 6.51. The third-order valence-electron chi connectivity index (χ3n) is 6.92. The van der Waals surface area contributed by atoms with Gasteiger partial charge in [-0.1, -0.05) is 72.6 Å². The number of ether oxygens (including phenoxy) is 1. The van der Waals surface area contributed by atoms with Gasteiger partial charge in [0.05, 0.1) is 28.1 Å². The molecule has 5 rings (SSSR count). The molecule has 0 bridgehead atoms. The van der Waals surface area contributed by atoms with Crippen molar-refractivity contribution in [2.45, 2.75) is 23.5 Å². The van der Waals surface area contributed by atoms with E-state index in [1.807, 2.05) is 30.5 Å². The molecule has 0 aliphatic rings. The monoisotopic (exact) mass is 716 g/mol. The number of carbonyl (C=O) groups excluding carboxylic acids is 3. The van der Waals surface area contributed by atoms with Crippen LogP contribution in [0.1, 0.15) is 29.3 Å². The van der Waals surface area contributed by atoms with E-state index in [0.29, 0.717) is 49.9 Å². The van der Waals surface area contributed by atoms with Crippen molar-refractivity contribution < 1.29 is 19.1 Å². The van der Waals surface area contributed by atoms with Crippen LogP contribution in [0.25, 0.3) is 17.3 Å². The summed E-state index contributed by atoms with van der Waals surface area (Å²) in [7, 11) is 1.56. The number of nitrogens with zero attached hydrogens (tertiary/aromatic N) is 1. The molecule has 4 aromatic carbocycles. The van der Waals surface area contributed by atoms with Crippen LogP contribution < -0.4 is 20.7 Å². The van der Waals surface area contributed by atoms with E-state index in [1.165, 1.54) is 23.1 Å². The molecule has 0 fully saturated rings. The van der Waals surface area contributed by atoms with Crippen LogP contribution in [-0.2, 0) is 9.59 Å². The highest BCUT2D eigenvalue weighted by Crippen LogP contribution is 2.32. The van der Waals surface area contributed by atoms with Gasteiger partial charge in [0, 0.05) is 27.1 Å². The molecule has 1 unspecified atom stereocenters. The summed E-state index contributed by atoms with van der Waals surface area (Å²) in [5.74, 6) is -0.529. The van der Waals surface area contributed by atoms with Crippen molar-refractivity contribution in [3.8, 4) is 17.0 Å². The second kappa shape index (κ2) is 16.5. The zero-order valence-corrected chi connectivity index (χ0v) is 29.0. The van der Waals surface area contributed by atoms with Crippen molar-refractivity contribution in [1.29, 1.82) is 0 Å². The van der Waals surface area contributed by atoms with E-state index < -0.39 is 17.1 Å². The summed E-state index contributed by atoms with van der Waals surface area (Å²) in [4.78, 5) is 45.2. The van der Waals surface area contributed by atoms with E-state index in [1.54, 1.807) is 92.0 Å². The second-order valence-corrected chi connectivity index (χ2v) is 13.3. The summed E-state index contributed by atoms with van der Waals surface area (Å²) in [6, 6.07) is 28.2. The average molecular weight is 718 g/mol. The van der Waals surface area contributed by atoms with Crippen LogP contribution in [0.3, 0.4) is 0 Å². The maximum absolute atomic E-state index is 13.6. The molecule has 0 saturated heterocycles. The van der Waals surface area contributed by atoms with E-state index in [9.17, 15) is 14.4 Å². The van der Waals surface area contributed by atoms with Crippen molar-refractivity contribution in [1.82, 2.24) is 10.3 Å². The molecule has 1 heterocycles. The Morgan fingerprint density at radius 1 is 0.917 bits per heavy atom. The van der Waals surface area contributed by atoms with Crippen LogP contribution in [0.5, 0.6) is 5.75 Å². The van der Waals surface area contributed by atoms with Crippen LogP contribution in [0, 0.1) is 0 Å². The standard InChI is InChI=1S/C36H30Cl2N4O4S2/c1-3-32(35(45)42-36-41-31(21-47-36)24-15-16-28(37)29(38)19-24)48-27-14-8-12-25(20-27)39-34(44)30(18-22-9-7-13-26(17-22)46-2)40-33(43)23-10-5-4-6-11-23/h4-21,32H,3H2,1-2H3,(H,39,44)(H,40,43)(H,41,42,45)/b30-18-. The fourth-order valence-electron chi connectivity index (χ4n) is 4.48. The predicted octanol–water partition coefficient (Wildman–Crippen LogP) is 9.04. The minimum absolute atomic E-state index is 0.0460. The quantitative estimate of drug-likeness (QED) is 0.0878. The lowest BCUT2D eigenvalue weighted by atomic mass is 10.1. The van der Waals surface area contributed by atoms with E-state index in [4.69, 9.17) is 27.9 Å². The molecule has 3 N–H and O–H groups in total. The van der Waals surface area contributed by atoms with E-state index in [2.05, 4.69) is 20.9 Å². The Labute approximate surface area is 296 Å². The molecule has 1 aromatic heterocycles. The molecule has 1 atom stereocenters. The molecular formula is C36H30Cl2N4O4S2. The molecule has 0 radical (unpaired) electrons. The van der Waals surface area contributed by atoms with Crippen molar-refractivity contribution in [3.05, 3.63) is 129 Å². The number of benzene rings is 4. The number of hydrogen-bond acceptors (Lipinski definition) is 7. The van der Waals surface area contributed by atoms with Crippen LogP contribution in [0.15, 0.2) is 113 Å². The molecule has 12 heteroatoms. The lowest BCUT2D eigenvalue weighted by molar-refractivity contribution is -0.116. The number of nitrogens with one attached hydrogen (secondary N) is 3. The smallest absolute Gasteiger partial charge is 0.272 e. The van der Waals surface area contributed by atoms with Crippen LogP contribution >= 0.6 is 46.3 Å². The average Bonchev–Trinajstić information content (AvgIpc) is 3.57. The minimum Gasteiger partial charge on any atom is -0.497 e. The van der Waals surface area contributed by atoms with Gasteiger partial charge < -0.3 is 20.7 Å². The van der Waals surface area contributed by atoms with Gasteiger partial charge in [-0.05, 0) is 72.7 Å². The SMILES string of the molecule is CCC(Sc1cccc(NC(=O)/C(=C/c2cccc(OC)c2)NC(=O)c2ccccc2)c1)C(=O)Nc1nc(-c2ccc(Cl)c(Cl)c2)cs1. The topological polar surface area (TPSA) is 109 Å². The van der Waals surface area contributed by atoms with E-state index in [-0.39, 0.29) is 11.6 Å². The summed E-state index contributed by atoms with van der Waals surface area (Å²) >= 11 is 14.9. The fraction of sp³-hybridized carbons (Fsp3) is 0.111. The van der Waals surface area contributed by atoms with Gasteiger partial charge in [0.25, 0.3) is 11.8 Å². The Balaban J connectivity index is 1.28. The summed E-state index contributed by atoms with van der Waals surface area (Å²) in [5.41, 5.74) is 3.09. The normalized spacial score (nSPS) is 11.8. The maximum atomic E-state index is 13.6. The first-order chi connectivity index (χ1) is 23.2. The lowest BCUT2D eigenvalue weighted by Crippen LogP contribution is -2.30. The summed E-state index contributed by atoms with van der Waals surface area (Å²) in [5, 5.41) is 11.3.